The first kappa shape index (κ1) is 31.7. The fraction of sp³-hybridized carbons (Fsp3) is 0.750. The Bertz CT molecular complexity index is 13.2. The van der Waals surface area contributed by atoms with Gasteiger partial charge in [-0.25, -0.2) is 0 Å². The standard InChI is InChI=1S/C4H9.3BrH.Zr/c1-3-4-2;;;;/h1,3-4H2,2H3;3*1H;/q-1;;;;. The van der Waals surface area contributed by atoms with Crippen molar-refractivity contribution >= 4 is 50.9 Å². The molecule has 0 fully saturated rings. The quantitative estimate of drug-likeness (QED) is 0.602. The number of hydrogen-bond donors (Lipinski definition) is 0. The molecule has 0 aromatic heterocycles. The summed E-state index contributed by atoms with van der Waals surface area (Å²) < 4.78 is 0. The number of unbranched alkanes of at least 4 members (excludes halogenated alkanes) is 1. The third-order valence-electron chi connectivity index (χ3n) is 0.354. The van der Waals surface area contributed by atoms with E-state index in [-0.39, 0.29) is 77.1 Å². The van der Waals surface area contributed by atoms with Crippen LogP contribution in [0.25, 0.3) is 0 Å². The Hall–Kier alpha value is 2.32. The monoisotopic (exact) mass is 387 g/mol. The minimum atomic E-state index is 0. The van der Waals surface area contributed by atoms with E-state index in [4.69, 9.17) is 0 Å². The van der Waals surface area contributed by atoms with Crippen molar-refractivity contribution < 1.29 is 26.2 Å². The fourth-order valence-electron chi connectivity index (χ4n) is 0. The largest absolute Gasteiger partial charge is 0.343 e. The second-order valence-corrected chi connectivity index (χ2v) is 0.854. The number of hydrogen-bond acceptors (Lipinski definition) is 0. The summed E-state index contributed by atoms with van der Waals surface area (Å²) in [4.78, 5) is 0. The molecule has 8 heavy (non-hydrogen) atoms. The Labute approximate surface area is 103 Å². The van der Waals surface area contributed by atoms with Crippen molar-refractivity contribution in [2.45, 2.75) is 19.8 Å². The Morgan fingerprint density at radius 3 is 1.25 bits per heavy atom. The van der Waals surface area contributed by atoms with Crippen LogP contribution in [-0.4, -0.2) is 0 Å². The van der Waals surface area contributed by atoms with Gasteiger partial charge in [-0.15, -0.1) is 50.9 Å². The van der Waals surface area contributed by atoms with E-state index in [2.05, 4.69) is 13.8 Å². The minimum absolute atomic E-state index is 0. The molecule has 0 aromatic carbocycles. The average molecular weight is 391 g/mol. The van der Waals surface area contributed by atoms with Crippen molar-refractivity contribution in [3.8, 4) is 0 Å². The van der Waals surface area contributed by atoms with Crippen LogP contribution in [0.2, 0.25) is 0 Å². The van der Waals surface area contributed by atoms with E-state index in [0.29, 0.717) is 0 Å². The zero-order valence-electron chi connectivity index (χ0n) is 4.85. The summed E-state index contributed by atoms with van der Waals surface area (Å²) in [6, 6.07) is 0. The van der Waals surface area contributed by atoms with Gasteiger partial charge < -0.3 is 6.92 Å². The van der Waals surface area contributed by atoms with Gasteiger partial charge in [-0.1, -0.05) is 13.3 Å². The van der Waals surface area contributed by atoms with Gasteiger partial charge in [0.1, 0.15) is 0 Å². The minimum Gasteiger partial charge on any atom is -0.343 e. The van der Waals surface area contributed by atoms with Gasteiger partial charge in [0.2, 0.25) is 0 Å². The molecule has 0 aliphatic rings. The molecule has 4 heteroatoms. The van der Waals surface area contributed by atoms with Crippen molar-refractivity contribution in [3.05, 3.63) is 6.92 Å². The first-order chi connectivity index (χ1) is 1.91. The van der Waals surface area contributed by atoms with E-state index in [9.17, 15) is 0 Å². The maximum Gasteiger partial charge on any atom is 0 e. The van der Waals surface area contributed by atoms with E-state index >= 15 is 0 Å². The van der Waals surface area contributed by atoms with Gasteiger partial charge in [-0.2, -0.15) is 6.42 Å². The molecule has 0 rings (SSSR count). The molecule has 0 bridgehead atoms. The molecule has 0 saturated carbocycles. The van der Waals surface area contributed by atoms with Gasteiger partial charge in [0.05, 0.1) is 0 Å². The molecule has 0 atom stereocenters. The molecule has 0 heterocycles. The first-order valence-corrected chi connectivity index (χ1v) is 1.71. The summed E-state index contributed by atoms with van der Waals surface area (Å²) in [6.07, 6.45) is 2.28. The van der Waals surface area contributed by atoms with Crippen LogP contribution in [-0.2, 0) is 26.2 Å². The van der Waals surface area contributed by atoms with Gasteiger partial charge in [0.25, 0.3) is 0 Å². The average Bonchev–Trinajstić information content (AvgIpc) is 1.37. The summed E-state index contributed by atoms with van der Waals surface area (Å²) >= 11 is 0. The van der Waals surface area contributed by atoms with Crippen LogP contribution >= 0.6 is 50.9 Å². The molecule has 0 unspecified atom stereocenters. The van der Waals surface area contributed by atoms with E-state index in [1.165, 1.54) is 6.42 Å². The van der Waals surface area contributed by atoms with E-state index in [1.807, 2.05) is 0 Å². The molecule has 54 valence electrons. The van der Waals surface area contributed by atoms with Crippen molar-refractivity contribution in [1.82, 2.24) is 0 Å². The summed E-state index contributed by atoms with van der Waals surface area (Å²) in [5.74, 6) is 0. The van der Waals surface area contributed by atoms with Crippen LogP contribution < -0.4 is 0 Å². The van der Waals surface area contributed by atoms with Gasteiger partial charge in [-0.3, -0.25) is 0 Å². The number of rotatable bonds is 1. The van der Waals surface area contributed by atoms with E-state index in [1.54, 1.807) is 0 Å². The molecule has 0 nitrogen and oxygen atoms in total. The summed E-state index contributed by atoms with van der Waals surface area (Å²) in [6.45, 7) is 5.72. The Kier molecular flexibility index (Phi) is 137. The normalized spacial score (nSPS) is 3.75. The van der Waals surface area contributed by atoms with Crippen LogP contribution in [0.4, 0.5) is 0 Å². The molecule has 0 N–H and O–H groups in total. The molecule has 0 aromatic rings. The maximum absolute atomic E-state index is 3.60. The number of halogens is 3. The Morgan fingerprint density at radius 1 is 1.12 bits per heavy atom. The SMILES string of the molecule is Br.Br.Br.[CH2-]CCC.[Zr]. The molecule has 0 radical (unpaired) electrons. The third kappa shape index (κ3) is 40.4. The van der Waals surface area contributed by atoms with Crippen molar-refractivity contribution in [2.75, 3.05) is 0 Å². The Balaban J connectivity index is -0.00000000750. The van der Waals surface area contributed by atoms with Crippen LogP contribution in [0.3, 0.4) is 0 Å². The van der Waals surface area contributed by atoms with Crippen LogP contribution in [0.5, 0.6) is 0 Å². The van der Waals surface area contributed by atoms with Gasteiger partial charge in [0, 0.05) is 26.2 Å². The summed E-state index contributed by atoms with van der Waals surface area (Å²) in [5, 5.41) is 0. The molecule has 0 spiro atoms. The second-order valence-electron chi connectivity index (χ2n) is 0.854. The zero-order chi connectivity index (χ0) is 3.41. The zero-order valence-corrected chi connectivity index (χ0v) is 12.4. The van der Waals surface area contributed by atoms with Crippen molar-refractivity contribution in [3.63, 3.8) is 0 Å². The molecule has 0 aliphatic heterocycles. The summed E-state index contributed by atoms with van der Waals surface area (Å²) in [5.41, 5.74) is 0. The predicted molar refractivity (Wildman–Crippen MR) is 51.2 cm³/mol. The van der Waals surface area contributed by atoms with E-state index in [0.717, 1.165) is 6.42 Å². The maximum atomic E-state index is 3.60. The topological polar surface area (TPSA) is 0 Å². The van der Waals surface area contributed by atoms with Crippen LogP contribution in [0.1, 0.15) is 19.8 Å². The molecular formula is C4H12Br3Zr-. The first-order valence-electron chi connectivity index (χ1n) is 1.71. The molecular weight excluding hydrogens is 379 g/mol. The van der Waals surface area contributed by atoms with Gasteiger partial charge in [0.15, 0.2) is 0 Å². The van der Waals surface area contributed by atoms with Crippen molar-refractivity contribution in [2.24, 2.45) is 0 Å². The van der Waals surface area contributed by atoms with Crippen molar-refractivity contribution in [1.29, 1.82) is 0 Å². The smallest absolute Gasteiger partial charge is 0 e. The fourth-order valence-corrected chi connectivity index (χ4v) is 0. The molecule has 0 amide bonds. The molecule has 0 saturated heterocycles. The predicted octanol–water partition coefficient (Wildman–Crippen LogP) is 3.35. The van der Waals surface area contributed by atoms with Gasteiger partial charge >= 0.3 is 0 Å². The second kappa shape index (κ2) is 34.6. The van der Waals surface area contributed by atoms with E-state index < -0.39 is 0 Å². The Morgan fingerprint density at radius 2 is 1.25 bits per heavy atom. The third-order valence-corrected chi connectivity index (χ3v) is 0.354. The van der Waals surface area contributed by atoms with Crippen LogP contribution in [0, 0.1) is 6.92 Å². The summed E-state index contributed by atoms with van der Waals surface area (Å²) in [7, 11) is 0. The van der Waals surface area contributed by atoms with Gasteiger partial charge in [-0.05, 0) is 0 Å². The van der Waals surface area contributed by atoms with Crippen LogP contribution in [0.15, 0.2) is 0 Å². The molecule has 0 aliphatic carbocycles.